The maximum atomic E-state index is 9.56. The molecule has 0 aliphatic rings. The predicted octanol–water partition coefficient (Wildman–Crippen LogP) is 2.59. The van der Waals surface area contributed by atoms with Crippen molar-refractivity contribution in [1.82, 2.24) is 9.97 Å². The van der Waals surface area contributed by atoms with Crippen LogP contribution >= 0.6 is 34.2 Å². The molecule has 2 aromatic rings. The van der Waals surface area contributed by atoms with Crippen molar-refractivity contribution in [3.05, 3.63) is 27.2 Å². The minimum atomic E-state index is 0.0134. The van der Waals surface area contributed by atoms with Gasteiger partial charge in [0, 0.05) is 15.2 Å². The van der Waals surface area contributed by atoms with Crippen LogP contribution in [0.5, 0.6) is 5.75 Å². The molecule has 0 bridgehead atoms. The van der Waals surface area contributed by atoms with E-state index in [1.165, 1.54) is 6.33 Å². The monoisotopic (exact) mass is 306 g/mol. The highest BCUT2D eigenvalue weighted by Crippen LogP contribution is 2.33. The second-order valence-electron chi connectivity index (χ2n) is 2.47. The van der Waals surface area contributed by atoms with Crippen molar-refractivity contribution >= 4 is 45.1 Å². The number of rotatable bonds is 0. The van der Waals surface area contributed by atoms with Gasteiger partial charge in [0.25, 0.3) is 0 Å². The molecule has 66 valence electrons. The number of aromatic hydroxyl groups is 1. The van der Waals surface area contributed by atoms with Crippen LogP contribution in [0.25, 0.3) is 10.9 Å². The molecule has 0 aliphatic heterocycles. The molecule has 0 fully saturated rings. The lowest BCUT2D eigenvalue weighted by atomic mass is 10.2. The Hall–Kier alpha value is -0.620. The molecule has 0 unspecified atom stereocenters. The van der Waals surface area contributed by atoms with Crippen molar-refractivity contribution < 1.29 is 5.11 Å². The van der Waals surface area contributed by atoms with Crippen LogP contribution in [0.15, 0.2) is 18.6 Å². The minimum Gasteiger partial charge on any atom is -0.504 e. The van der Waals surface area contributed by atoms with Gasteiger partial charge in [0.15, 0.2) is 5.75 Å². The fraction of sp³-hybridized carbons (Fsp3) is 0. The summed E-state index contributed by atoms with van der Waals surface area (Å²) < 4.78 is 0.927. The maximum absolute atomic E-state index is 9.56. The van der Waals surface area contributed by atoms with Crippen molar-refractivity contribution in [2.24, 2.45) is 0 Å². The van der Waals surface area contributed by atoms with Crippen LogP contribution in [0.2, 0.25) is 5.02 Å². The first kappa shape index (κ1) is 8.96. The second-order valence-corrected chi connectivity index (χ2v) is 4.04. The Morgan fingerprint density at radius 2 is 2.23 bits per heavy atom. The van der Waals surface area contributed by atoms with E-state index in [-0.39, 0.29) is 5.75 Å². The molecule has 2 rings (SSSR count). The molecule has 1 heterocycles. The van der Waals surface area contributed by atoms with Gasteiger partial charge in [-0.2, -0.15) is 0 Å². The normalized spacial score (nSPS) is 10.6. The number of hydrogen-bond donors (Lipinski definition) is 1. The second kappa shape index (κ2) is 3.26. The van der Waals surface area contributed by atoms with Gasteiger partial charge in [0.2, 0.25) is 0 Å². The summed E-state index contributed by atoms with van der Waals surface area (Å²) in [4.78, 5) is 7.83. The van der Waals surface area contributed by atoms with Gasteiger partial charge < -0.3 is 5.11 Å². The van der Waals surface area contributed by atoms with Crippen LogP contribution in [-0.4, -0.2) is 15.1 Å². The number of fused-ring (bicyclic) bond motifs is 1. The number of nitrogens with zero attached hydrogens (tertiary/aromatic N) is 2. The van der Waals surface area contributed by atoms with Crippen molar-refractivity contribution in [3.63, 3.8) is 0 Å². The summed E-state index contributed by atoms with van der Waals surface area (Å²) in [5.41, 5.74) is 0.493. The van der Waals surface area contributed by atoms with E-state index in [1.54, 1.807) is 12.3 Å². The first-order chi connectivity index (χ1) is 6.20. The Balaban J connectivity index is 2.97. The largest absolute Gasteiger partial charge is 0.504 e. The van der Waals surface area contributed by atoms with Crippen molar-refractivity contribution in [3.8, 4) is 5.75 Å². The van der Waals surface area contributed by atoms with E-state index in [9.17, 15) is 5.11 Å². The summed E-state index contributed by atoms with van der Waals surface area (Å²) in [5.74, 6) is 0.0134. The Morgan fingerprint density at radius 3 is 3.00 bits per heavy atom. The van der Waals surface area contributed by atoms with Gasteiger partial charge in [0.05, 0.1) is 5.02 Å². The number of phenols is 1. The van der Waals surface area contributed by atoms with Gasteiger partial charge in [-0.05, 0) is 28.7 Å². The Kier molecular flexibility index (Phi) is 2.25. The first-order valence-corrected chi connectivity index (χ1v) is 4.92. The average Bonchev–Trinajstić information content (AvgIpc) is 2.15. The summed E-state index contributed by atoms with van der Waals surface area (Å²) >= 11 is 7.90. The smallest absolute Gasteiger partial charge is 0.160 e. The van der Waals surface area contributed by atoms with E-state index >= 15 is 0 Å². The molecule has 0 spiro atoms. The van der Waals surface area contributed by atoms with E-state index in [0.29, 0.717) is 10.5 Å². The third-order valence-corrected chi connectivity index (χ3v) is 2.85. The molecule has 3 nitrogen and oxygen atoms in total. The summed E-state index contributed by atoms with van der Waals surface area (Å²) in [5, 5.41) is 10.7. The van der Waals surface area contributed by atoms with Gasteiger partial charge in [-0.3, -0.25) is 0 Å². The topological polar surface area (TPSA) is 46.0 Å². The lowest BCUT2D eigenvalue weighted by Gasteiger charge is -2.02. The van der Waals surface area contributed by atoms with Crippen LogP contribution in [0.1, 0.15) is 0 Å². The third-order valence-electron chi connectivity index (χ3n) is 1.67. The SMILES string of the molecule is Oc1c(Cl)cc(I)c2cncnc12. The molecule has 13 heavy (non-hydrogen) atoms. The first-order valence-electron chi connectivity index (χ1n) is 3.47. The highest BCUT2D eigenvalue weighted by Gasteiger charge is 2.08. The molecule has 5 heteroatoms. The Morgan fingerprint density at radius 1 is 1.46 bits per heavy atom. The van der Waals surface area contributed by atoms with Crippen LogP contribution in [0.4, 0.5) is 0 Å². The van der Waals surface area contributed by atoms with Crippen LogP contribution in [0.3, 0.4) is 0 Å². The molecular weight excluding hydrogens is 302 g/mol. The van der Waals surface area contributed by atoms with E-state index < -0.39 is 0 Å². The van der Waals surface area contributed by atoms with E-state index in [2.05, 4.69) is 32.6 Å². The molecule has 0 amide bonds. The molecule has 0 atom stereocenters. The zero-order valence-corrected chi connectivity index (χ0v) is 9.24. The van der Waals surface area contributed by atoms with E-state index in [1.807, 2.05) is 0 Å². The number of phenolic OH excluding ortho intramolecular Hbond substituents is 1. The molecule has 0 saturated heterocycles. The van der Waals surface area contributed by atoms with Gasteiger partial charge in [-0.1, -0.05) is 11.6 Å². The van der Waals surface area contributed by atoms with Gasteiger partial charge in [-0.15, -0.1) is 0 Å². The molecule has 1 N–H and O–H groups in total. The van der Waals surface area contributed by atoms with Gasteiger partial charge >= 0.3 is 0 Å². The number of aromatic nitrogens is 2. The standard InChI is InChI=1S/C8H4ClIN2O/c9-5-1-6(10)4-2-11-3-12-7(4)8(5)13/h1-3,13H. The molecule has 1 aromatic carbocycles. The van der Waals surface area contributed by atoms with Crippen molar-refractivity contribution in [2.45, 2.75) is 0 Å². The molecule has 0 radical (unpaired) electrons. The van der Waals surface area contributed by atoms with Crippen LogP contribution < -0.4 is 0 Å². The predicted molar refractivity (Wildman–Crippen MR) is 58.9 cm³/mol. The third kappa shape index (κ3) is 1.44. The van der Waals surface area contributed by atoms with E-state index in [0.717, 1.165) is 8.96 Å². The molecule has 0 saturated carbocycles. The van der Waals surface area contributed by atoms with E-state index in [4.69, 9.17) is 11.6 Å². The van der Waals surface area contributed by atoms with Crippen LogP contribution in [0, 0.1) is 3.57 Å². The minimum absolute atomic E-state index is 0.0134. The molecule has 1 aromatic heterocycles. The number of hydrogen-bond acceptors (Lipinski definition) is 3. The van der Waals surface area contributed by atoms with Gasteiger partial charge in [-0.25, -0.2) is 9.97 Å². The van der Waals surface area contributed by atoms with Gasteiger partial charge in [0.1, 0.15) is 11.8 Å². The zero-order valence-electron chi connectivity index (χ0n) is 6.33. The number of halogens is 2. The zero-order chi connectivity index (χ0) is 9.42. The fourth-order valence-corrected chi connectivity index (χ4v) is 2.15. The molecule has 0 aliphatic carbocycles. The Bertz CT molecular complexity index is 475. The quantitative estimate of drug-likeness (QED) is 0.761. The van der Waals surface area contributed by atoms with Crippen LogP contribution in [-0.2, 0) is 0 Å². The summed E-state index contributed by atoms with van der Waals surface area (Å²) in [7, 11) is 0. The number of benzene rings is 1. The van der Waals surface area contributed by atoms with Crippen molar-refractivity contribution in [2.75, 3.05) is 0 Å². The summed E-state index contributed by atoms with van der Waals surface area (Å²) in [6.07, 6.45) is 3.04. The Labute approximate surface area is 92.9 Å². The maximum Gasteiger partial charge on any atom is 0.160 e. The summed E-state index contributed by atoms with van der Waals surface area (Å²) in [6.45, 7) is 0. The summed E-state index contributed by atoms with van der Waals surface area (Å²) in [6, 6.07) is 1.68. The lowest BCUT2D eigenvalue weighted by molar-refractivity contribution is 0.480. The lowest BCUT2D eigenvalue weighted by Crippen LogP contribution is -1.85. The molecular formula is C8H4ClIN2O. The highest BCUT2D eigenvalue weighted by atomic mass is 127. The fourth-order valence-electron chi connectivity index (χ4n) is 1.06. The average molecular weight is 306 g/mol. The van der Waals surface area contributed by atoms with Crippen molar-refractivity contribution in [1.29, 1.82) is 0 Å². The highest BCUT2D eigenvalue weighted by molar-refractivity contribution is 14.1.